The van der Waals surface area contributed by atoms with Crippen molar-refractivity contribution in [3.05, 3.63) is 35.9 Å². The molecule has 3 heteroatoms. The van der Waals surface area contributed by atoms with Crippen LogP contribution in [0.2, 0.25) is 0 Å². The fraction of sp³-hybridized carbons (Fsp3) is 0.438. The molecule has 100 valence electrons. The Hall–Kier alpha value is -1.61. The monoisotopic (exact) mass is 255 g/mol. The molecule has 2 aromatic rings. The molecule has 1 aliphatic carbocycles. The van der Waals surface area contributed by atoms with E-state index in [0.717, 1.165) is 24.4 Å². The van der Waals surface area contributed by atoms with Crippen LogP contribution >= 0.6 is 0 Å². The van der Waals surface area contributed by atoms with Crippen molar-refractivity contribution in [3.63, 3.8) is 0 Å². The van der Waals surface area contributed by atoms with E-state index in [2.05, 4.69) is 47.5 Å². The quantitative estimate of drug-likeness (QED) is 0.890. The van der Waals surface area contributed by atoms with E-state index >= 15 is 0 Å². The van der Waals surface area contributed by atoms with Gasteiger partial charge in [0.25, 0.3) is 0 Å². The van der Waals surface area contributed by atoms with Gasteiger partial charge in [0.05, 0.1) is 5.52 Å². The van der Waals surface area contributed by atoms with Gasteiger partial charge in [-0.15, -0.1) is 0 Å². The van der Waals surface area contributed by atoms with Gasteiger partial charge in [0.1, 0.15) is 5.82 Å². The van der Waals surface area contributed by atoms with Gasteiger partial charge in [-0.25, -0.2) is 4.98 Å². The van der Waals surface area contributed by atoms with Crippen molar-refractivity contribution < 1.29 is 0 Å². The summed E-state index contributed by atoms with van der Waals surface area (Å²) in [7, 11) is 1.99. The van der Waals surface area contributed by atoms with Crippen LogP contribution in [0.3, 0.4) is 0 Å². The molecule has 19 heavy (non-hydrogen) atoms. The van der Waals surface area contributed by atoms with Gasteiger partial charge in [-0.05, 0) is 38.9 Å². The summed E-state index contributed by atoms with van der Waals surface area (Å²) >= 11 is 0. The van der Waals surface area contributed by atoms with Crippen molar-refractivity contribution >= 4 is 16.7 Å². The average molecular weight is 255 g/mol. The SMILES string of the molecule is CCN(c1nc2ccccc2cc1CNC)C1CC1. The lowest BCUT2D eigenvalue weighted by Gasteiger charge is -2.24. The van der Waals surface area contributed by atoms with Crippen LogP contribution < -0.4 is 10.2 Å². The van der Waals surface area contributed by atoms with Crippen molar-refractivity contribution in [1.82, 2.24) is 10.3 Å². The summed E-state index contributed by atoms with van der Waals surface area (Å²) in [5.74, 6) is 1.16. The molecule has 1 fully saturated rings. The number of fused-ring (bicyclic) bond motifs is 1. The number of pyridine rings is 1. The molecule has 1 aliphatic rings. The zero-order valence-electron chi connectivity index (χ0n) is 11.7. The van der Waals surface area contributed by atoms with Crippen molar-refractivity contribution in [3.8, 4) is 0 Å². The lowest BCUT2D eigenvalue weighted by molar-refractivity contribution is 0.770. The molecule has 1 aromatic carbocycles. The first-order valence-corrected chi connectivity index (χ1v) is 7.13. The maximum atomic E-state index is 4.91. The fourth-order valence-corrected chi connectivity index (χ4v) is 2.69. The van der Waals surface area contributed by atoms with Crippen molar-refractivity contribution in [1.29, 1.82) is 0 Å². The van der Waals surface area contributed by atoms with Gasteiger partial charge in [-0.3, -0.25) is 0 Å². The molecule has 0 bridgehead atoms. The third-order valence-corrected chi connectivity index (χ3v) is 3.75. The highest BCUT2D eigenvalue weighted by molar-refractivity contribution is 5.82. The predicted molar refractivity (Wildman–Crippen MR) is 80.5 cm³/mol. The number of hydrogen-bond donors (Lipinski definition) is 1. The minimum Gasteiger partial charge on any atom is -0.354 e. The molecule has 0 saturated heterocycles. The molecular weight excluding hydrogens is 234 g/mol. The maximum Gasteiger partial charge on any atom is 0.134 e. The Bertz CT molecular complexity index is 575. The number of benzene rings is 1. The minimum atomic E-state index is 0.703. The van der Waals surface area contributed by atoms with E-state index in [1.807, 2.05) is 7.05 Å². The highest BCUT2D eigenvalue weighted by atomic mass is 15.2. The first-order valence-electron chi connectivity index (χ1n) is 7.13. The van der Waals surface area contributed by atoms with Gasteiger partial charge in [0, 0.05) is 30.1 Å². The third-order valence-electron chi connectivity index (χ3n) is 3.75. The molecule has 3 rings (SSSR count). The number of anilines is 1. The van der Waals surface area contributed by atoms with E-state index < -0.39 is 0 Å². The molecule has 0 unspecified atom stereocenters. The zero-order chi connectivity index (χ0) is 13.2. The Morgan fingerprint density at radius 3 is 2.79 bits per heavy atom. The minimum absolute atomic E-state index is 0.703. The highest BCUT2D eigenvalue weighted by Crippen LogP contribution is 2.33. The first-order chi connectivity index (χ1) is 9.33. The topological polar surface area (TPSA) is 28.2 Å². The Balaban J connectivity index is 2.10. The number of nitrogens with zero attached hydrogens (tertiary/aromatic N) is 2. The summed E-state index contributed by atoms with van der Waals surface area (Å²) < 4.78 is 0. The van der Waals surface area contributed by atoms with E-state index in [9.17, 15) is 0 Å². The molecular formula is C16H21N3. The summed E-state index contributed by atoms with van der Waals surface area (Å²) in [5.41, 5.74) is 2.39. The van der Waals surface area contributed by atoms with Crippen LogP contribution in [0, 0.1) is 0 Å². The molecule has 1 saturated carbocycles. The summed E-state index contributed by atoms with van der Waals surface area (Å²) in [4.78, 5) is 7.37. The Morgan fingerprint density at radius 2 is 2.11 bits per heavy atom. The van der Waals surface area contributed by atoms with Crippen LogP contribution in [0.15, 0.2) is 30.3 Å². The Morgan fingerprint density at radius 1 is 1.32 bits per heavy atom. The third kappa shape index (κ3) is 2.43. The van der Waals surface area contributed by atoms with E-state index in [1.165, 1.54) is 23.8 Å². The molecule has 0 spiro atoms. The number of nitrogens with one attached hydrogen (secondary N) is 1. The van der Waals surface area contributed by atoms with Gasteiger partial charge in [0.2, 0.25) is 0 Å². The van der Waals surface area contributed by atoms with Crippen LogP contribution in [0.25, 0.3) is 10.9 Å². The van der Waals surface area contributed by atoms with Gasteiger partial charge in [-0.2, -0.15) is 0 Å². The van der Waals surface area contributed by atoms with Crippen molar-refractivity contribution in [2.45, 2.75) is 32.4 Å². The van der Waals surface area contributed by atoms with E-state index in [1.54, 1.807) is 0 Å². The largest absolute Gasteiger partial charge is 0.354 e. The van der Waals surface area contributed by atoms with E-state index in [-0.39, 0.29) is 0 Å². The first kappa shape index (κ1) is 12.4. The fourth-order valence-electron chi connectivity index (χ4n) is 2.69. The second-order valence-electron chi connectivity index (χ2n) is 5.21. The van der Waals surface area contributed by atoms with Crippen LogP contribution in [0.5, 0.6) is 0 Å². The van der Waals surface area contributed by atoms with Crippen LogP contribution in [0.4, 0.5) is 5.82 Å². The Labute approximate surface area is 114 Å². The number of para-hydroxylation sites is 1. The zero-order valence-corrected chi connectivity index (χ0v) is 11.7. The van der Waals surface area contributed by atoms with Gasteiger partial charge < -0.3 is 10.2 Å². The molecule has 1 heterocycles. The smallest absolute Gasteiger partial charge is 0.134 e. The lowest BCUT2D eigenvalue weighted by atomic mass is 10.1. The molecule has 3 nitrogen and oxygen atoms in total. The second kappa shape index (κ2) is 5.17. The number of aromatic nitrogens is 1. The van der Waals surface area contributed by atoms with Gasteiger partial charge in [-0.1, -0.05) is 18.2 Å². The highest BCUT2D eigenvalue weighted by Gasteiger charge is 2.30. The lowest BCUT2D eigenvalue weighted by Crippen LogP contribution is -2.28. The molecule has 0 radical (unpaired) electrons. The van der Waals surface area contributed by atoms with Crippen LogP contribution in [0.1, 0.15) is 25.3 Å². The number of rotatable bonds is 5. The van der Waals surface area contributed by atoms with Crippen molar-refractivity contribution in [2.24, 2.45) is 0 Å². The molecule has 0 atom stereocenters. The summed E-state index contributed by atoms with van der Waals surface area (Å²) in [6, 6.07) is 11.4. The predicted octanol–water partition coefficient (Wildman–Crippen LogP) is 2.94. The standard InChI is InChI=1S/C16H21N3/c1-3-19(14-8-9-14)16-13(11-17-2)10-12-6-4-5-7-15(12)18-16/h4-7,10,14,17H,3,8-9,11H2,1-2H3. The van der Waals surface area contributed by atoms with Crippen molar-refractivity contribution in [2.75, 3.05) is 18.5 Å². The second-order valence-corrected chi connectivity index (χ2v) is 5.21. The molecule has 1 N–H and O–H groups in total. The molecule has 0 aliphatic heterocycles. The molecule has 0 amide bonds. The maximum absolute atomic E-state index is 4.91. The summed E-state index contributed by atoms with van der Waals surface area (Å²) in [5, 5.41) is 4.49. The molecule has 1 aromatic heterocycles. The summed E-state index contributed by atoms with van der Waals surface area (Å²) in [6.07, 6.45) is 2.61. The average Bonchev–Trinajstić information content (AvgIpc) is 3.25. The Kier molecular flexibility index (Phi) is 3.38. The summed E-state index contributed by atoms with van der Waals surface area (Å²) in [6.45, 7) is 4.13. The number of hydrogen-bond acceptors (Lipinski definition) is 3. The van der Waals surface area contributed by atoms with Gasteiger partial charge >= 0.3 is 0 Å². The van der Waals surface area contributed by atoms with Gasteiger partial charge in [0.15, 0.2) is 0 Å². The van der Waals surface area contributed by atoms with E-state index in [0.29, 0.717) is 6.04 Å². The van der Waals surface area contributed by atoms with Crippen LogP contribution in [-0.4, -0.2) is 24.6 Å². The van der Waals surface area contributed by atoms with E-state index in [4.69, 9.17) is 4.98 Å². The normalized spacial score (nSPS) is 14.8. The van der Waals surface area contributed by atoms with Crippen LogP contribution in [-0.2, 0) is 6.54 Å².